The summed E-state index contributed by atoms with van der Waals surface area (Å²) in [4.78, 5) is 25.6. The molecule has 0 N–H and O–H groups in total. The van der Waals surface area contributed by atoms with E-state index in [9.17, 15) is 4.79 Å². The maximum atomic E-state index is 12.7. The number of nitrogens with zero attached hydrogens (tertiary/aromatic N) is 3. The number of hydrogen-bond acceptors (Lipinski definition) is 5. The van der Waals surface area contributed by atoms with Crippen LogP contribution in [-0.2, 0) is 11.3 Å². The minimum absolute atomic E-state index is 0.102. The number of aromatic nitrogens is 2. The molecule has 0 bridgehead atoms. The molecule has 6 heteroatoms. The number of hydrogen-bond donors (Lipinski definition) is 0. The summed E-state index contributed by atoms with van der Waals surface area (Å²) in [6.45, 7) is 6.74. The molecule has 1 unspecified atom stereocenters. The van der Waals surface area contributed by atoms with Crippen molar-refractivity contribution in [3.8, 4) is 0 Å². The van der Waals surface area contributed by atoms with Crippen molar-refractivity contribution < 1.29 is 4.79 Å². The molecular weight excluding hydrogens is 350 g/mol. The molecule has 4 nitrogen and oxygen atoms in total. The van der Waals surface area contributed by atoms with Gasteiger partial charge in [0.25, 0.3) is 0 Å². The molecule has 0 radical (unpaired) electrons. The molecule has 2 aromatic heterocycles. The van der Waals surface area contributed by atoms with Gasteiger partial charge in [-0.2, -0.15) is 0 Å². The maximum Gasteiger partial charge on any atom is 0.235 e. The van der Waals surface area contributed by atoms with Gasteiger partial charge in [-0.1, -0.05) is 42.1 Å². The van der Waals surface area contributed by atoms with Crippen molar-refractivity contribution in [1.82, 2.24) is 14.9 Å². The van der Waals surface area contributed by atoms with E-state index in [4.69, 9.17) is 0 Å². The standard InChI is InChI=1S/C19H21N3OS2/c1-12-13(2)24-17-16(12)18(21-11-20-17)25-14(3)19(23)22(4)10-15-8-6-5-7-9-15/h5-9,11,14H,10H2,1-4H3. The second kappa shape index (κ2) is 7.54. The molecule has 0 spiro atoms. The number of aryl methyl sites for hydroxylation is 2. The van der Waals surface area contributed by atoms with Gasteiger partial charge in [-0.15, -0.1) is 11.3 Å². The van der Waals surface area contributed by atoms with Crippen molar-refractivity contribution in [3.05, 3.63) is 52.7 Å². The highest BCUT2D eigenvalue weighted by Gasteiger charge is 2.22. The summed E-state index contributed by atoms with van der Waals surface area (Å²) in [5, 5.41) is 1.77. The summed E-state index contributed by atoms with van der Waals surface area (Å²) in [5.41, 5.74) is 2.34. The van der Waals surface area contributed by atoms with Gasteiger partial charge in [0.2, 0.25) is 5.91 Å². The minimum Gasteiger partial charge on any atom is -0.340 e. The van der Waals surface area contributed by atoms with E-state index in [-0.39, 0.29) is 11.2 Å². The van der Waals surface area contributed by atoms with Crippen molar-refractivity contribution >= 4 is 39.2 Å². The van der Waals surface area contributed by atoms with Crippen molar-refractivity contribution in [1.29, 1.82) is 0 Å². The first-order valence-corrected chi connectivity index (χ1v) is 9.83. The zero-order valence-electron chi connectivity index (χ0n) is 14.8. The first kappa shape index (κ1) is 17.9. The average molecular weight is 372 g/mol. The quantitative estimate of drug-likeness (QED) is 0.491. The molecule has 0 aliphatic rings. The Labute approximate surface area is 156 Å². The van der Waals surface area contributed by atoms with E-state index in [2.05, 4.69) is 23.8 Å². The molecular formula is C19H21N3OS2. The fraction of sp³-hybridized carbons (Fsp3) is 0.316. The number of rotatable bonds is 5. The smallest absolute Gasteiger partial charge is 0.235 e. The monoisotopic (exact) mass is 371 g/mol. The number of carbonyl (C=O) groups is 1. The van der Waals surface area contributed by atoms with Crippen LogP contribution in [0.2, 0.25) is 0 Å². The summed E-state index contributed by atoms with van der Waals surface area (Å²) in [7, 11) is 1.85. The van der Waals surface area contributed by atoms with Crippen LogP contribution in [0.1, 0.15) is 22.9 Å². The Morgan fingerprint density at radius 2 is 1.96 bits per heavy atom. The van der Waals surface area contributed by atoms with Gasteiger partial charge in [0, 0.05) is 23.9 Å². The first-order chi connectivity index (χ1) is 12.0. The van der Waals surface area contributed by atoms with Gasteiger partial charge >= 0.3 is 0 Å². The van der Waals surface area contributed by atoms with Crippen LogP contribution in [0.3, 0.4) is 0 Å². The van der Waals surface area contributed by atoms with Crippen molar-refractivity contribution in [2.45, 2.75) is 37.6 Å². The molecule has 0 saturated carbocycles. The molecule has 130 valence electrons. The van der Waals surface area contributed by atoms with Gasteiger partial charge in [0.15, 0.2) is 0 Å². The topological polar surface area (TPSA) is 46.1 Å². The van der Waals surface area contributed by atoms with Crippen LogP contribution in [-0.4, -0.2) is 33.1 Å². The molecule has 0 fully saturated rings. The third-order valence-electron chi connectivity index (χ3n) is 4.21. The molecule has 0 aliphatic carbocycles. The number of thioether (sulfide) groups is 1. The van der Waals surface area contributed by atoms with Crippen LogP contribution in [0.5, 0.6) is 0 Å². The lowest BCUT2D eigenvalue weighted by molar-refractivity contribution is -0.129. The Kier molecular flexibility index (Phi) is 5.39. The summed E-state index contributed by atoms with van der Waals surface area (Å²) < 4.78 is 0. The largest absolute Gasteiger partial charge is 0.340 e. The number of benzene rings is 1. The highest BCUT2D eigenvalue weighted by atomic mass is 32.2. The van der Waals surface area contributed by atoms with Crippen molar-refractivity contribution in [3.63, 3.8) is 0 Å². The predicted molar refractivity (Wildman–Crippen MR) is 105 cm³/mol. The third-order valence-corrected chi connectivity index (χ3v) is 6.41. The number of amides is 1. The highest BCUT2D eigenvalue weighted by Crippen LogP contribution is 2.36. The van der Waals surface area contributed by atoms with Gasteiger partial charge < -0.3 is 4.90 Å². The van der Waals surface area contributed by atoms with Gasteiger partial charge in [-0.25, -0.2) is 9.97 Å². The van der Waals surface area contributed by atoms with E-state index in [1.165, 1.54) is 22.2 Å². The zero-order chi connectivity index (χ0) is 18.0. The van der Waals surface area contributed by atoms with E-state index >= 15 is 0 Å². The molecule has 0 aliphatic heterocycles. The van der Waals surface area contributed by atoms with Crippen LogP contribution in [0.4, 0.5) is 0 Å². The average Bonchev–Trinajstić information content (AvgIpc) is 2.90. The summed E-state index contributed by atoms with van der Waals surface area (Å²) in [6.07, 6.45) is 1.59. The van der Waals surface area contributed by atoms with Crippen LogP contribution in [0.25, 0.3) is 10.2 Å². The molecule has 3 aromatic rings. The Morgan fingerprint density at radius 1 is 1.24 bits per heavy atom. The summed E-state index contributed by atoms with van der Waals surface area (Å²) >= 11 is 3.19. The predicted octanol–water partition coefficient (Wildman–Crippen LogP) is 4.45. The lowest BCUT2D eigenvalue weighted by Gasteiger charge is -2.21. The molecule has 3 rings (SSSR count). The first-order valence-electron chi connectivity index (χ1n) is 8.13. The molecule has 0 saturated heterocycles. The Bertz CT molecular complexity index is 892. The number of carbonyl (C=O) groups excluding carboxylic acids is 1. The molecule has 2 heterocycles. The van der Waals surface area contributed by atoms with Crippen LogP contribution < -0.4 is 0 Å². The third kappa shape index (κ3) is 3.85. The molecule has 1 atom stereocenters. The second-order valence-corrected chi connectivity index (χ2v) is 8.61. The lowest BCUT2D eigenvalue weighted by atomic mass is 10.2. The van der Waals surface area contributed by atoms with E-state index < -0.39 is 0 Å². The normalized spacial score (nSPS) is 12.3. The van der Waals surface area contributed by atoms with E-state index in [0.29, 0.717) is 6.54 Å². The maximum absolute atomic E-state index is 12.7. The molecule has 1 aromatic carbocycles. The zero-order valence-corrected chi connectivity index (χ0v) is 16.4. The fourth-order valence-electron chi connectivity index (χ4n) is 2.70. The van der Waals surface area contributed by atoms with E-state index in [1.54, 1.807) is 22.6 Å². The van der Waals surface area contributed by atoms with Gasteiger partial charge in [-0.05, 0) is 31.9 Å². The summed E-state index contributed by atoms with van der Waals surface area (Å²) in [5.74, 6) is 0.102. The van der Waals surface area contributed by atoms with Crippen molar-refractivity contribution in [2.75, 3.05) is 7.05 Å². The van der Waals surface area contributed by atoms with Crippen LogP contribution in [0.15, 0.2) is 41.7 Å². The number of thiophene rings is 1. The van der Waals surface area contributed by atoms with E-state index in [0.717, 1.165) is 20.8 Å². The van der Waals surface area contributed by atoms with Gasteiger partial charge in [0.1, 0.15) is 16.2 Å². The SMILES string of the molecule is Cc1sc2ncnc(SC(C)C(=O)N(C)Cc3ccccc3)c2c1C. The Balaban J connectivity index is 1.75. The van der Waals surface area contributed by atoms with Crippen LogP contribution >= 0.6 is 23.1 Å². The highest BCUT2D eigenvalue weighted by molar-refractivity contribution is 8.00. The van der Waals surface area contributed by atoms with Crippen molar-refractivity contribution in [2.24, 2.45) is 0 Å². The Morgan fingerprint density at radius 3 is 2.68 bits per heavy atom. The van der Waals surface area contributed by atoms with Crippen LogP contribution in [0, 0.1) is 13.8 Å². The summed E-state index contributed by atoms with van der Waals surface area (Å²) in [6, 6.07) is 10.0. The Hall–Kier alpha value is -1.92. The van der Waals surface area contributed by atoms with Gasteiger partial charge in [0.05, 0.1) is 5.25 Å². The molecule has 1 amide bonds. The molecule has 25 heavy (non-hydrogen) atoms. The van der Waals surface area contributed by atoms with E-state index in [1.807, 2.05) is 44.3 Å². The lowest BCUT2D eigenvalue weighted by Crippen LogP contribution is -2.32. The number of fused-ring (bicyclic) bond motifs is 1. The second-order valence-electron chi connectivity index (χ2n) is 6.08. The minimum atomic E-state index is -0.202. The fourth-order valence-corrected chi connectivity index (χ4v) is 4.86. The van der Waals surface area contributed by atoms with Gasteiger partial charge in [-0.3, -0.25) is 4.79 Å².